The highest BCUT2D eigenvalue weighted by molar-refractivity contribution is 4.88. The molecular formula is C16H32N2O2. The van der Waals surface area contributed by atoms with Gasteiger partial charge in [0.25, 0.3) is 0 Å². The van der Waals surface area contributed by atoms with Gasteiger partial charge in [-0.15, -0.1) is 0 Å². The lowest BCUT2D eigenvalue weighted by molar-refractivity contribution is -0.134. The van der Waals surface area contributed by atoms with E-state index in [2.05, 4.69) is 25.7 Å². The van der Waals surface area contributed by atoms with Crippen LogP contribution in [0.2, 0.25) is 0 Å². The number of nitrogens with two attached hydrogens (primary N) is 1. The molecular weight excluding hydrogens is 252 g/mol. The fourth-order valence-electron chi connectivity index (χ4n) is 3.57. The van der Waals surface area contributed by atoms with Crippen LogP contribution < -0.4 is 5.73 Å². The highest BCUT2D eigenvalue weighted by Crippen LogP contribution is 2.34. The lowest BCUT2D eigenvalue weighted by Crippen LogP contribution is -2.50. The predicted molar refractivity (Wildman–Crippen MR) is 81.8 cm³/mol. The van der Waals surface area contributed by atoms with Gasteiger partial charge in [0.1, 0.15) is 0 Å². The smallest absolute Gasteiger partial charge is 0.0936 e. The summed E-state index contributed by atoms with van der Waals surface area (Å²) in [6.45, 7) is 11.0. The Morgan fingerprint density at radius 1 is 1.45 bits per heavy atom. The predicted octanol–water partition coefficient (Wildman–Crippen LogP) is 2.02. The molecule has 0 radical (unpaired) electrons. The van der Waals surface area contributed by atoms with Gasteiger partial charge in [0.05, 0.1) is 24.9 Å². The van der Waals surface area contributed by atoms with Crippen LogP contribution in [0.1, 0.15) is 46.5 Å². The molecule has 1 aliphatic carbocycles. The maximum absolute atomic E-state index is 6.28. The number of morpholine rings is 1. The molecule has 20 heavy (non-hydrogen) atoms. The second-order valence-electron chi connectivity index (χ2n) is 6.98. The molecule has 1 aliphatic heterocycles. The maximum atomic E-state index is 6.28. The summed E-state index contributed by atoms with van der Waals surface area (Å²) < 4.78 is 12.1. The quantitative estimate of drug-likeness (QED) is 0.839. The third-order valence-corrected chi connectivity index (χ3v) is 4.90. The summed E-state index contributed by atoms with van der Waals surface area (Å²) in [4.78, 5) is 2.47. The minimum atomic E-state index is -0.0961. The zero-order chi connectivity index (χ0) is 14.6. The first-order valence-electron chi connectivity index (χ1n) is 8.24. The first-order valence-corrected chi connectivity index (χ1v) is 8.24. The van der Waals surface area contributed by atoms with Crippen LogP contribution in [0, 0.1) is 5.92 Å². The molecule has 1 heterocycles. The van der Waals surface area contributed by atoms with Crippen LogP contribution in [0.25, 0.3) is 0 Å². The van der Waals surface area contributed by atoms with E-state index in [1.54, 1.807) is 0 Å². The van der Waals surface area contributed by atoms with E-state index < -0.39 is 0 Å². The van der Waals surface area contributed by atoms with Gasteiger partial charge in [-0.05, 0) is 32.6 Å². The van der Waals surface area contributed by atoms with Gasteiger partial charge in [-0.3, -0.25) is 4.90 Å². The zero-order valence-corrected chi connectivity index (χ0v) is 13.4. The van der Waals surface area contributed by atoms with Crippen LogP contribution in [0.5, 0.6) is 0 Å². The highest BCUT2D eigenvalue weighted by atomic mass is 16.5. The minimum absolute atomic E-state index is 0.0961. The standard InChI is InChI=1S/C16H32N2O2/c1-13(2)18-7-8-19-15(10-18)11-20-16(12-17)6-4-5-14(3)9-16/h13-15H,4-12,17H2,1-3H3. The fraction of sp³-hybridized carbons (Fsp3) is 1.00. The summed E-state index contributed by atoms with van der Waals surface area (Å²) >= 11 is 0. The van der Waals surface area contributed by atoms with Crippen molar-refractivity contribution < 1.29 is 9.47 Å². The van der Waals surface area contributed by atoms with Gasteiger partial charge in [0, 0.05) is 25.7 Å². The molecule has 0 aromatic rings. The Hall–Kier alpha value is -0.160. The van der Waals surface area contributed by atoms with Crippen molar-refractivity contribution in [2.45, 2.75) is 64.2 Å². The number of rotatable bonds is 5. The topological polar surface area (TPSA) is 47.7 Å². The lowest BCUT2D eigenvalue weighted by Gasteiger charge is -2.41. The van der Waals surface area contributed by atoms with Crippen molar-refractivity contribution in [2.24, 2.45) is 11.7 Å². The van der Waals surface area contributed by atoms with Crippen LogP contribution in [0.3, 0.4) is 0 Å². The summed E-state index contributed by atoms with van der Waals surface area (Å²) in [5, 5.41) is 0. The molecule has 0 amide bonds. The molecule has 3 atom stereocenters. The Labute approximate surface area is 124 Å². The zero-order valence-electron chi connectivity index (χ0n) is 13.4. The van der Waals surface area contributed by atoms with Crippen molar-refractivity contribution in [1.29, 1.82) is 0 Å². The summed E-state index contributed by atoms with van der Waals surface area (Å²) in [6, 6.07) is 0.583. The van der Waals surface area contributed by atoms with Crippen LogP contribution in [-0.2, 0) is 9.47 Å². The summed E-state index contributed by atoms with van der Waals surface area (Å²) in [5.41, 5.74) is 5.92. The van der Waals surface area contributed by atoms with E-state index in [1.165, 1.54) is 12.8 Å². The molecule has 2 fully saturated rings. The van der Waals surface area contributed by atoms with Gasteiger partial charge in [0.2, 0.25) is 0 Å². The molecule has 0 bridgehead atoms. The Morgan fingerprint density at radius 2 is 2.25 bits per heavy atom. The van der Waals surface area contributed by atoms with Gasteiger partial charge in [-0.2, -0.15) is 0 Å². The summed E-state index contributed by atoms with van der Waals surface area (Å²) in [7, 11) is 0. The first kappa shape index (κ1) is 16.2. The lowest BCUT2D eigenvalue weighted by atomic mass is 9.79. The molecule has 2 N–H and O–H groups in total. The molecule has 0 aromatic heterocycles. The van der Waals surface area contributed by atoms with Crippen molar-refractivity contribution in [2.75, 3.05) is 32.8 Å². The first-order chi connectivity index (χ1) is 9.54. The molecule has 118 valence electrons. The van der Waals surface area contributed by atoms with E-state index in [-0.39, 0.29) is 11.7 Å². The van der Waals surface area contributed by atoms with Crippen LogP contribution in [-0.4, -0.2) is 55.5 Å². The number of ether oxygens (including phenoxy) is 2. The summed E-state index contributed by atoms with van der Waals surface area (Å²) in [6.07, 6.45) is 4.96. The van der Waals surface area contributed by atoms with Gasteiger partial charge in [-0.1, -0.05) is 19.8 Å². The van der Waals surface area contributed by atoms with Crippen LogP contribution >= 0.6 is 0 Å². The molecule has 2 rings (SSSR count). The van der Waals surface area contributed by atoms with Crippen LogP contribution in [0.4, 0.5) is 0 Å². The Morgan fingerprint density at radius 3 is 2.90 bits per heavy atom. The molecule has 3 unspecified atom stereocenters. The van der Waals surface area contributed by atoms with Crippen molar-refractivity contribution in [1.82, 2.24) is 4.90 Å². The van der Waals surface area contributed by atoms with Gasteiger partial charge in [-0.25, -0.2) is 0 Å². The van der Waals surface area contributed by atoms with E-state index >= 15 is 0 Å². The molecule has 2 aliphatic rings. The molecule has 1 saturated carbocycles. The van der Waals surface area contributed by atoms with Gasteiger partial charge >= 0.3 is 0 Å². The largest absolute Gasteiger partial charge is 0.373 e. The van der Waals surface area contributed by atoms with Gasteiger partial charge in [0.15, 0.2) is 0 Å². The van der Waals surface area contributed by atoms with E-state index in [1.807, 2.05) is 0 Å². The maximum Gasteiger partial charge on any atom is 0.0936 e. The van der Waals surface area contributed by atoms with Crippen molar-refractivity contribution in [3.05, 3.63) is 0 Å². The van der Waals surface area contributed by atoms with Gasteiger partial charge < -0.3 is 15.2 Å². The van der Waals surface area contributed by atoms with E-state index in [0.29, 0.717) is 19.2 Å². The number of hydrogen-bond acceptors (Lipinski definition) is 4. The Bertz CT molecular complexity index is 298. The third-order valence-electron chi connectivity index (χ3n) is 4.90. The second-order valence-corrected chi connectivity index (χ2v) is 6.98. The third kappa shape index (κ3) is 4.17. The SMILES string of the molecule is CC1CCCC(CN)(OCC2CN(C(C)C)CCO2)C1. The van der Waals surface area contributed by atoms with E-state index in [4.69, 9.17) is 15.2 Å². The van der Waals surface area contributed by atoms with Crippen molar-refractivity contribution >= 4 is 0 Å². The molecule has 1 saturated heterocycles. The Balaban J connectivity index is 1.83. The number of hydrogen-bond donors (Lipinski definition) is 1. The highest BCUT2D eigenvalue weighted by Gasteiger charge is 2.36. The molecule has 0 spiro atoms. The number of nitrogens with zero attached hydrogens (tertiary/aromatic N) is 1. The van der Waals surface area contributed by atoms with E-state index in [9.17, 15) is 0 Å². The monoisotopic (exact) mass is 284 g/mol. The molecule has 4 heteroatoms. The Kier molecular flexibility index (Phi) is 5.84. The molecule has 0 aromatic carbocycles. The fourth-order valence-corrected chi connectivity index (χ4v) is 3.57. The normalized spacial score (nSPS) is 36.5. The van der Waals surface area contributed by atoms with Crippen molar-refractivity contribution in [3.63, 3.8) is 0 Å². The average molecular weight is 284 g/mol. The minimum Gasteiger partial charge on any atom is -0.373 e. The summed E-state index contributed by atoms with van der Waals surface area (Å²) in [5.74, 6) is 0.728. The van der Waals surface area contributed by atoms with E-state index in [0.717, 1.165) is 38.5 Å². The van der Waals surface area contributed by atoms with Crippen LogP contribution in [0.15, 0.2) is 0 Å². The molecule has 4 nitrogen and oxygen atoms in total. The second kappa shape index (κ2) is 7.21. The average Bonchev–Trinajstić information content (AvgIpc) is 2.45. The van der Waals surface area contributed by atoms with Crippen molar-refractivity contribution in [3.8, 4) is 0 Å².